The van der Waals surface area contributed by atoms with E-state index in [2.05, 4.69) is 20.4 Å². The molecular formula is C23H28N6O4. The highest BCUT2D eigenvalue weighted by Gasteiger charge is 2.29. The van der Waals surface area contributed by atoms with Crippen molar-refractivity contribution in [2.75, 3.05) is 18.4 Å². The average Bonchev–Trinajstić information content (AvgIpc) is 3.18. The summed E-state index contributed by atoms with van der Waals surface area (Å²) >= 11 is 0. The van der Waals surface area contributed by atoms with Crippen LogP contribution in [0.4, 0.5) is 10.5 Å². The van der Waals surface area contributed by atoms with Crippen LogP contribution in [0, 0.1) is 0 Å². The molecule has 1 saturated heterocycles. The maximum absolute atomic E-state index is 12.3. The third-order valence-electron chi connectivity index (χ3n) is 5.19. The molecule has 174 valence electrons. The second kappa shape index (κ2) is 9.05. The quantitative estimate of drug-likeness (QED) is 0.633. The van der Waals surface area contributed by atoms with E-state index in [0.717, 1.165) is 12.8 Å². The largest absolute Gasteiger partial charge is 0.444 e. The van der Waals surface area contributed by atoms with Crippen LogP contribution in [0.25, 0.3) is 11.0 Å². The molecule has 1 aliphatic heterocycles. The number of fused-ring (bicyclic) bond motifs is 1. The number of anilines is 1. The second-order valence-electron chi connectivity index (χ2n) is 9.01. The maximum Gasteiger partial charge on any atom is 0.410 e. The summed E-state index contributed by atoms with van der Waals surface area (Å²) < 4.78 is 13.3. The number of rotatable bonds is 4. The molecule has 3 heterocycles. The number of aromatic nitrogens is 4. The highest BCUT2D eigenvalue weighted by Crippen LogP contribution is 2.31. The van der Waals surface area contributed by atoms with Crippen molar-refractivity contribution >= 4 is 28.7 Å². The lowest BCUT2D eigenvalue weighted by Gasteiger charge is -2.33. The van der Waals surface area contributed by atoms with E-state index in [-0.39, 0.29) is 18.0 Å². The molecule has 0 radical (unpaired) electrons. The van der Waals surface area contributed by atoms with Crippen molar-refractivity contribution in [1.82, 2.24) is 24.6 Å². The number of hydrogen-bond donors (Lipinski definition) is 1. The third kappa shape index (κ3) is 5.39. The monoisotopic (exact) mass is 452 g/mol. The Bertz CT molecular complexity index is 1160. The average molecular weight is 453 g/mol. The molecule has 1 fully saturated rings. The molecular weight excluding hydrogens is 424 g/mol. The Hall–Kier alpha value is -3.69. The van der Waals surface area contributed by atoms with Crippen molar-refractivity contribution in [3.8, 4) is 11.6 Å². The molecule has 0 aliphatic carbocycles. The minimum absolute atomic E-state index is 0.104. The van der Waals surface area contributed by atoms with Crippen LogP contribution >= 0.6 is 0 Å². The van der Waals surface area contributed by atoms with Gasteiger partial charge in [-0.1, -0.05) is 6.07 Å². The standard InChI is InChI=1S/C23H28N6O4/c1-15(30)27-16-6-5-7-18(12-16)32-21-19-13-26-29(20(19)24-14-25-21)17-8-10-28(11-9-17)22(31)33-23(2,3)4/h5-7,12-14,17H,8-11H2,1-4H3,(H,27,30). The van der Waals surface area contributed by atoms with E-state index in [1.807, 2.05) is 25.5 Å². The molecule has 10 nitrogen and oxygen atoms in total. The van der Waals surface area contributed by atoms with Gasteiger partial charge >= 0.3 is 6.09 Å². The molecule has 2 aromatic heterocycles. The topological polar surface area (TPSA) is 111 Å². The first-order valence-corrected chi connectivity index (χ1v) is 10.9. The van der Waals surface area contributed by atoms with Crippen molar-refractivity contribution in [2.24, 2.45) is 0 Å². The molecule has 0 saturated carbocycles. The lowest BCUT2D eigenvalue weighted by Crippen LogP contribution is -2.42. The zero-order valence-electron chi connectivity index (χ0n) is 19.2. The summed E-state index contributed by atoms with van der Waals surface area (Å²) in [6.07, 6.45) is 4.35. The first-order chi connectivity index (χ1) is 15.7. The Morgan fingerprint density at radius 3 is 2.61 bits per heavy atom. The molecule has 33 heavy (non-hydrogen) atoms. The van der Waals surface area contributed by atoms with Crippen molar-refractivity contribution in [3.63, 3.8) is 0 Å². The number of carbonyl (C=O) groups is 2. The number of likely N-dealkylation sites (tertiary alicyclic amines) is 1. The van der Waals surface area contributed by atoms with E-state index >= 15 is 0 Å². The zero-order chi connectivity index (χ0) is 23.6. The molecule has 3 aromatic rings. The predicted molar refractivity (Wildman–Crippen MR) is 122 cm³/mol. The van der Waals surface area contributed by atoms with Crippen molar-refractivity contribution in [3.05, 3.63) is 36.8 Å². The van der Waals surface area contributed by atoms with Gasteiger partial charge in [-0.3, -0.25) is 4.79 Å². The van der Waals surface area contributed by atoms with Gasteiger partial charge in [0, 0.05) is 31.8 Å². The minimum Gasteiger partial charge on any atom is -0.444 e. The van der Waals surface area contributed by atoms with Gasteiger partial charge in [0.25, 0.3) is 0 Å². The number of benzene rings is 1. The fraction of sp³-hybridized carbons (Fsp3) is 0.435. The summed E-state index contributed by atoms with van der Waals surface area (Å²) in [6, 6.07) is 7.20. The van der Waals surface area contributed by atoms with Crippen molar-refractivity contribution < 1.29 is 19.1 Å². The van der Waals surface area contributed by atoms with Gasteiger partial charge in [-0.05, 0) is 45.7 Å². The zero-order valence-corrected chi connectivity index (χ0v) is 19.2. The van der Waals surface area contributed by atoms with Crippen LogP contribution < -0.4 is 10.1 Å². The fourth-order valence-electron chi connectivity index (χ4n) is 3.76. The number of carbonyl (C=O) groups excluding carboxylic acids is 2. The van der Waals surface area contributed by atoms with Gasteiger partial charge in [-0.2, -0.15) is 5.10 Å². The highest BCUT2D eigenvalue weighted by atomic mass is 16.6. The number of nitrogens with one attached hydrogen (secondary N) is 1. The van der Waals surface area contributed by atoms with Crippen LogP contribution in [-0.4, -0.2) is 55.3 Å². The van der Waals surface area contributed by atoms with E-state index < -0.39 is 5.60 Å². The Kier molecular flexibility index (Phi) is 6.17. The molecule has 0 spiro atoms. The smallest absolute Gasteiger partial charge is 0.410 e. The summed E-state index contributed by atoms with van der Waals surface area (Å²) in [6.45, 7) is 8.22. The molecule has 4 rings (SSSR count). The van der Waals surface area contributed by atoms with Gasteiger partial charge in [0.1, 0.15) is 23.1 Å². The highest BCUT2D eigenvalue weighted by molar-refractivity contribution is 5.88. The summed E-state index contributed by atoms with van der Waals surface area (Å²) in [4.78, 5) is 34.1. The van der Waals surface area contributed by atoms with Crippen LogP contribution in [0.1, 0.15) is 46.6 Å². The van der Waals surface area contributed by atoms with Crippen LogP contribution in [0.3, 0.4) is 0 Å². The van der Waals surface area contributed by atoms with Gasteiger partial charge in [-0.25, -0.2) is 19.4 Å². The SMILES string of the molecule is CC(=O)Nc1cccc(Oc2ncnc3c2cnn3C2CCN(C(=O)OC(C)(C)C)CC2)c1. The van der Waals surface area contributed by atoms with Gasteiger partial charge in [0.15, 0.2) is 5.65 Å². The molecule has 10 heteroatoms. The number of hydrogen-bond acceptors (Lipinski definition) is 7. The van der Waals surface area contributed by atoms with Gasteiger partial charge in [-0.15, -0.1) is 0 Å². The van der Waals surface area contributed by atoms with Crippen LogP contribution in [0.5, 0.6) is 11.6 Å². The number of piperidine rings is 1. The van der Waals surface area contributed by atoms with E-state index in [9.17, 15) is 9.59 Å². The lowest BCUT2D eigenvalue weighted by molar-refractivity contribution is -0.114. The van der Waals surface area contributed by atoms with Gasteiger partial charge in [0.05, 0.1) is 12.2 Å². The lowest BCUT2D eigenvalue weighted by atomic mass is 10.1. The number of nitrogens with zero attached hydrogens (tertiary/aromatic N) is 5. The Labute approximate surface area is 191 Å². The molecule has 1 aromatic carbocycles. The molecule has 1 N–H and O–H groups in total. The van der Waals surface area contributed by atoms with Crippen molar-refractivity contribution in [2.45, 2.75) is 52.2 Å². The first-order valence-electron chi connectivity index (χ1n) is 10.9. The molecule has 0 atom stereocenters. The van der Waals surface area contributed by atoms with Gasteiger partial charge < -0.3 is 19.7 Å². The Balaban J connectivity index is 1.48. The number of amides is 2. The third-order valence-corrected chi connectivity index (χ3v) is 5.19. The van der Waals surface area contributed by atoms with E-state index in [4.69, 9.17) is 9.47 Å². The summed E-state index contributed by atoms with van der Waals surface area (Å²) in [7, 11) is 0. The van der Waals surface area contributed by atoms with Crippen molar-refractivity contribution in [1.29, 1.82) is 0 Å². The Morgan fingerprint density at radius 1 is 1.15 bits per heavy atom. The molecule has 2 amide bonds. The normalized spacial score (nSPS) is 14.8. The predicted octanol–water partition coefficient (Wildman–Crippen LogP) is 4.15. The van der Waals surface area contributed by atoms with E-state index in [0.29, 0.717) is 41.4 Å². The van der Waals surface area contributed by atoms with E-state index in [1.165, 1.54) is 13.3 Å². The second-order valence-corrected chi connectivity index (χ2v) is 9.01. The van der Waals surface area contributed by atoms with Crippen LogP contribution in [-0.2, 0) is 9.53 Å². The first kappa shape index (κ1) is 22.5. The fourth-order valence-corrected chi connectivity index (χ4v) is 3.76. The van der Waals surface area contributed by atoms with Crippen LogP contribution in [0.15, 0.2) is 36.8 Å². The summed E-state index contributed by atoms with van der Waals surface area (Å²) in [5, 5.41) is 7.98. The van der Waals surface area contributed by atoms with E-state index in [1.54, 1.807) is 35.4 Å². The number of ether oxygens (including phenoxy) is 2. The molecule has 1 aliphatic rings. The Morgan fingerprint density at radius 2 is 1.91 bits per heavy atom. The molecule has 0 unspecified atom stereocenters. The van der Waals surface area contributed by atoms with Crippen LogP contribution in [0.2, 0.25) is 0 Å². The maximum atomic E-state index is 12.3. The molecule has 0 bridgehead atoms. The minimum atomic E-state index is -0.513. The summed E-state index contributed by atoms with van der Waals surface area (Å²) in [5.41, 5.74) is 0.799. The summed E-state index contributed by atoms with van der Waals surface area (Å²) in [5.74, 6) is 0.771. The van der Waals surface area contributed by atoms with Gasteiger partial charge in [0.2, 0.25) is 11.8 Å².